The molecule has 0 radical (unpaired) electrons. The molecule has 1 aliphatic heterocycles. The summed E-state index contributed by atoms with van der Waals surface area (Å²) in [5.41, 5.74) is -3.57. The van der Waals surface area contributed by atoms with Crippen LogP contribution in [0, 0.1) is 0 Å². The number of hydrogen-bond donors (Lipinski definition) is 1. The highest BCUT2D eigenvalue weighted by Gasteiger charge is 2.42. The highest BCUT2D eigenvalue weighted by atomic mass is 19.4. The Balaban J connectivity index is 1.26. The smallest absolute Gasteiger partial charge is 0.434 e. The summed E-state index contributed by atoms with van der Waals surface area (Å²) in [5.74, 6) is -0.910. The summed E-state index contributed by atoms with van der Waals surface area (Å²) in [4.78, 5) is 32.5. The average molecular weight is 678 g/mol. The average Bonchev–Trinajstić information content (AvgIpc) is 3.82. The third-order valence-corrected chi connectivity index (χ3v) is 7.93. The molecule has 0 aliphatic carbocycles. The first-order chi connectivity index (χ1) is 23.3. The zero-order valence-electron chi connectivity index (χ0n) is 25.0. The fourth-order valence-electron chi connectivity index (χ4n) is 5.74. The summed E-state index contributed by atoms with van der Waals surface area (Å²) in [6.45, 7) is 0.123. The molecule has 4 heterocycles. The number of rotatable bonds is 7. The van der Waals surface area contributed by atoms with Crippen LogP contribution in [-0.2, 0) is 18.9 Å². The second kappa shape index (κ2) is 11.5. The van der Waals surface area contributed by atoms with E-state index in [2.05, 4.69) is 20.5 Å². The Morgan fingerprint density at radius 2 is 1.67 bits per heavy atom. The normalized spacial score (nSPS) is 13.0. The molecular formula is C33H21F6N7O3. The lowest BCUT2D eigenvalue weighted by molar-refractivity contribution is -0.143. The highest BCUT2D eigenvalue weighted by molar-refractivity contribution is 6.25. The van der Waals surface area contributed by atoms with E-state index in [0.29, 0.717) is 28.1 Å². The van der Waals surface area contributed by atoms with E-state index in [-0.39, 0.29) is 34.7 Å². The predicted molar refractivity (Wildman–Crippen MR) is 164 cm³/mol. The van der Waals surface area contributed by atoms with Crippen molar-refractivity contribution in [3.8, 4) is 17.1 Å². The molecule has 0 saturated carbocycles. The number of ether oxygens (including phenoxy) is 1. The van der Waals surface area contributed by atoms with Gasteiger partial charge in [0.2, 0.25) is 0 Å². The minimum absolute atomic E-state index is 0.123. The van der Waals surface area contributed by atoms with Crippen molar-refractivity contribution < 1.29 is 40.7 Å². The third kappa shape index (κ3) is 5.50. The summed E-state index contributed by atoms with van der Waals surface area (Å²) >= 11 is 0. The molecule has 3 aromatic heterocycles. The number of benzene rings is 3. The minimum Gasteiger partial charge on any atom is -0.497 e. The van der Waals surface area contributed by atoms with Gasteiger partial charge in [-0.3, -0.25) is 14.5 Å². The zero-order chi connectivity index (χ0) is 34.7. The molecule has 6 aromatic rings. The van der Waals surface area contributed by atoms with Crippen molar-refractivity contribution in [3.05, 3.63) is 119 Å². The van der Waals surface area contributed by atoms with Gasteiger partial charge in [-0.15, -0.1) is 0 Å². The molecule has 0 fully saturated rings. The topological polar surface area (TPSA) is 107 Å². The Bertz CT molecular complexity index is 2240. The fourth-order valence-corrected chi connectivity index (χ4v) is 5.74. The van der Waals surface area contributed by atoms with Gasteiger partial charge >= 0.3 is 12.4 Å². The number of alkyl halides is 6. The molecular weight excluding hydrogens is 656 g/mol. The summed E-state index contributed by atoms with van der Waals surface area (Å²) < 4.78 is 92.4. The van der Waals surface area contributed by atoms with Gasteiger partial charge in [0.25, 0.3) is 11.8 Å². The van der Waals surface area contributed by atoms with Crippen molar-refractivity contribution in [2.75, 3.05) is 17.3 Å². The largest absolute Gasteiger partial charge is 0.497 e. The van der Waals surface area contributed by atoms with Crippen molar-refractivity contribution in [2.24, 2.45) is 0 Å². The van der Waals surface area contributed by atoms with Gasteiger partial charge < -0.3 is 10.1 Å². The van der Waals surface area contributed by atoms with E-state index in [1.807, 2.05) is 0 Å². The number of pyridine rings is 1. The van der Waals surface area contributed by atoms with Crippen LogP contribution in [0.4, 0.5) is 37.8 Å². The van der Waals surface area contributed by atoms with Gasteiger partial charge in [-0.05, 0) is 48.0 Å². The summed E-state index contributed by atoms with van der Waals surface area (Å²) in [7, 11) is 1.52. The number of aromatic nitrogens is 5. The molecule has 0 unspecified atom stereocenters. The third-order valence-electron chi connectivity index (χ3n) is 7.93. The zero-order valence-corrected chi connectivity index (χ0v) is 25.0. The van der Waals surface area contributed by atoms with E-state index in [9.17, 15) is 35.9 Å². The molecule has 7 rings (SSSR count). The lowest BCUT2D eigenvalue weighted by Gasteiger charge is -2.18. The molecule has 1 aliphatic rings. The maximum Gasteiger partial charge on any atom is 0.434 e. The number of nitrogens with one attached hydrogen (secondary N) is 1. The molecule has 3 aromatic carbocycles. The molecule has 0 atom stereocenters. The van der Waals surface area contributed by atoms with Crippen LogP contribution in [0.5, 0.6) is 5.75 Å². The lowest BCUT2D eigenvalue weighted by Crippen LogP contribution is -2.26. The summed E-state index contributed by atoms with van der Waals surface area (Å²) in [6, 6.07) is 15.7. The number of carbonyl (C=O) groups excluding carboxylic acids is 2. The minimum atomic E-state index is -5.15. The van der Waals surface area contributed by atoms with E-state index in [0.717, 1.165) is 28.6 Å². The standard InChI is InChI=1S/C33H21F6N7O3/c1-49-20-9-6-18(7-10-20)17-44-29-27-21(4-2-5-22(27)31(44)48)26(16-40-29)46-28(33(37,38)39)23(15-42-46)30(47)43-19-8-11-25(45-13-3-12-41-45)24(14-19)32(34,35)36/h2-16H,17H2,1H3,(H,43,47). The van der Waals surface area contributed by atoms with Gasteiger partial charge in [0.05, 0.1) is 54.1 Å². The molecule has 248 valence electrons. The SMILES string of the molecule is COc1ccc(CN2C(=O)c3cccc4c(-n5ncc(C(=O)Nc6ccc(-n7cccn7)c(C(F)(F)F)c6)c5C(F)(F)F)cnc2c34)cc1. The van der Waals surface area contributed by atoms with Gasteiger partial charge in [0.1, 0.15) is 11.6 Å². The number of methoxy groups -OCH3 is 1. The van der Waals surface area contributed by atoms with E-state index in [1.54, 1.807) is 24.3 Å². The highest BCUT2D eigenvalue weighted by Crippen LogP contribution is 2.42. The van der Waals surface area contributed by atoms with Crippen LogP contribution >= 0.6 is 0 Å². The molecule has 16 heteroatoms. The predicted octanol–water partition coefficient (Wildman–Crippen LogP) is 7.07. The maximum atomic E-state index is 14.7. The molecule has 49 heavy (non-hydrogen) atoms. The van der Waals surface area contributed by atoms with Crippen molar-refractivity contribution in [3.63, 3.8) is 0 Å². The Morgan fingerprint density at radius 3 is 2.35 bits per heavy atom. The van der Waals surface area contributed by atoms with Crippen molar-refractivity contribution in [1.29, 1.82) is 0 Å². The molecule has 2 amide bonds. The Labute approximate surface area is 272 Å². The Kier molecular flexibility index (Phi) is 7.37. The van der Waals surface area contributed by atoms with E-state index < -0.39 is 46.7 Å². The first kappa shape index (κ1) is 31.4. The maximum absolute atomic E-state index is 14.7. The Hall–Kier alpha value is -6.19. The number of carbonyl (C=O) groups is 2. The summed E-state index contributed by atoms with van der Waals surface area (Å²) in [5, 5.41) is 10.3. The van der Waals surface area contributed by atoms with Gasteiger partial charge in [-0.1, -0.05) is 24.3 Å². The van der Waals surface area contributed by atoms with Crippen LogP contribution in [0.2, 0.25) is 0 Å². The number of nitrogens with zero attached hydrogens (tertiary/aromatic N) is 6. The van der Waals surface area contributed by atoms with Crippen LogP contribution in [0.25, 0.3) is 22.1 Å². The summed E-state index contributed by atoms with van der Waals surface area (Å²) in [6.07, 6.45) is -5.67. The second-order valence-corrected chi connectivity index (χ2v) is 10.9. The fraction of sp³-hybridized carbons (Fsp3) is 0.121. The van der Waals surface area contributed by atoms with Crippen molar-refractivity contribution >= 4 is 34.1 Å². The van der Waals surface area contributed by atoms with Crippen molar-refractivity contribution in [1.82, 2.24) is 24.5 Å². The van der Waals surface area contributed by atoms with Crippen LogP contribution in [0.1, 0.15) is 37.5 Å². The molecule has 10 nitrogen and oxygen atoms in total. The molecule has 0 saturated heterocycles. The molecule has 0 bridgehead atoms. The van der Waals surface area contributed by atoms with E-state index in [1.165, 1.54) is 48.7 Å². The van der Waals surface area contributed by atoms with Gasteiger partial charge in [0, 0.05) is 28.9 Å². The number of halogens is 6. The first-order valence-corrected chi connectivity index (χ1v) is 14.4. The molecule has 0 spiro atoms. The van der Waals surface area contributed by atoms with E-state index >= 15 is 0 Å². The number of anilines is 2. The quantitative estimate of drug-likeness (QED) is 0.181. The van der Waals surface area contributed by atoms with Crippen LogP contribution in [0.3, 0.4) is 0 Å². The van der Waals surface area contributed by atoms with Crippen LogP contribution < -0.4 is 15.0 Å². The van der Waals surface area contributed by atoms with Crippen LogP contribution in [0.15, 0.2) is 91.5 Å². The van der Waals surface area contributed by atoms with Gasteiger partial charge in [0.15, 0.2) is 5.69 Å². The van der Waals surface area contributed by atoms with Gasteiger partial charge in [-0.25, -0.2) is 14.3 Å². The van der Waals surface area contributed by atoms with Crippen molar-refractivity contribution in [2.45, 2.75) is 18.9 Å². The lowest BCUT2D eigenvalue weighted by atomic mass is 10.1. The number of amides is 2. The number of hydrogen-bond acceptors (Lipinski definition) is 6. The van der Waals surface area contributed by atoms with Crippen LogP contribution in [-0.4, -0.2) is 43.5 Å². The van der Waals surface area contributed by atoms with E-state index in [4.69, 9.17) is 4.74 Å². The monoisotopic (exact) mass is 677 g/mol. The first-order valence-electron chi connectivity index (χ1n) is 14.4. The van der Waals surface area contributed by atoms with Gasteiger partial charge in [-0.2, -0.15) is 36.5 Å². The Morgan fingerprint density at radius 1 is 0.898 bits per heavy atom. The molecule has 1 N–H and O–H groups in total. The second-order valence-electron chi connectivity index (χ2n) is 10.9.